The first-order valence-corrected chi connectivity index (χ1v) is 49.7. The van der Waals surface area contributed by atoms with Gasteiger partial charge in [-0.25, -0.2) is 39.9 Å². The first-order valence-electron chi connectivity index (χ1n) is 42.6. The normalized spacial score (nSPS) is 14.1. The van der Waals surface area contributed by atoms with Crippen LogP contribution in [0, 0.1) is 0 Å². The molecular weight excluding hydrogens is 1460 g/mol. The maximum Gasteiger partial charge on any atom is 0.164 e. The van der Waals surface area contributed by atoms with Crippen LogP contribution in [0.25, 0.3) is 0 Å². The van der Waals surface area contributed by atoms with E-state index in [9.17, 15) is 16.8 Å². The first kappa shape index (κ1) is 95.7. The van der Waals surface area contributed by atoms with Gasteiger partial charge in [-0.1, -0.05) is 407 Å². The Morgan fingerprint density at radius 1 is 0.194 bits per heavy atom. The number of amidine groups is 8. The first-order chi connectivity index (χ1) is 52.3. The van der Waals surface area contributed by atoms with Crippen LogP contribution in [0.1, 0.15) is 373 Å². The van der Waals surface area contributed by atoms with Crippen LogP contribution in [-0.2, 0) is 60.3 Å². The molecule has 17 heteroatoms. The predicted octanol–water partition coefficient (Wildman–Crippen LogP) is 24.7. The molecular formula is C91H142CuN8O4S4. The van der Waals surface area contributed by atoms with E-state index < -0.39 is 43.2 Å². The van der Waals surface area contributed by atoms with Crippen LogP contribution in [-0.4, -0.2) is 112 Å². The minimum Gasteiger partial charge on any atom is -0.260 e. The van der Waals surface area contributed by atoms with Gasteiger partial charge in [-0.05, 0) is 19.3 Å². The van der Waals surface area contributed by atoms with Gasteiger partial charge in [-0.2, -0.15) is 0 Å². The number of fused-ring (bicyclic) bond motifs is 16. The zero-order valence-corrected chi connectivity index (χ0v) is 72.7. The quantitative estimate of drug-likeness (QED) is 0.0317. The zero-order chi connectivity index (χ0) is 76.6. The van der Waals surface area contributed by atoms with Crippen LogP contribution in [0.15, 0.2) is 137 Å². The molecule has 0 amide bonds. The summed E-state index contributed by atoms with van der Waals surface area (Å²) < 4.78 is 42.3. The number of rotatable bonds is 51. The molecule has 8 bridgehead atoms. The molecule has 0 N–H and O–H groups in total. The fourth-order valence-electron chi connectivity index (χ4n) is 14.0. The molecule has 1 radical (unpaired) electrons. The Hall–Kier alpha value is -4.64. The van der Waals surface area contributed by atoms with Gasteiger partial charge in [0.1, 0.15) is 0 Å². The second-order valence-corrected chi connectivity index (χ2v) is 36.3. The SMILES string of the molecule is CCCCCCCCCCCCCCCCCCS(C)=O.CCCCCCCCCCCCCCCCCCS(C)=O.CCCCCCCCCCCCCCCCCCS(C)=O.CS(C)=O.[Cu].c1ccc2c(c1)C1=NC2=NC2=NC(=NC3=NC(=NC4=NC(=N1)c1ccccc14)c1ccccc13)c1ccccc12. The summed E-state index contributed by atoms with van der Waals surface area (Å²) in [5.74, 6) is 7.12. The molecule has 9 rings (SSSR count). The van der Waals surface area contributed by atoms with Gasteiger partial charge in [0.15, 0.2) is 46.7 Å². The number of hydrogen-bond acceptors (Lipinski definition) is 12. The Kier molecular flexibility index (Phi) is 54.9. The van der Waals surface area contributed by atoms with Gasteiger partial charge in [-0.15, -0.1) is 0 Å². The third-order valence-corrected chi connectivity index (χ3v) is 22.8. The molecule has 12 nitrogen and oxygen atoms in total. The average Bonchev–Trinajstić information content (AvgIpc) is 1.59. The van der Waals surface area contributed by atoms with E-state index in [1.54, 1.807) is 12.5 Å². The van der Waals surface area contributed by atoms with Gasteiger partial charge in [-0.3, -0.25) is 16.8 Å². The molecule has 0 saturated carbocycles. The summed E-state index contributed by atoms with van der Waals surface area (Å²) >= 11 is 0. The van der Waals surface area contributed by atoms with E-state index >= 15 is 0 Å². The summed E-state index contributed by atoms with van der Waals surface area (Å²) in [6, 6.07) is 31.8. The van der Waals surface area contributed by atoms with E-state index in [0.717, 1.165) is 81.0 Å². The number of nitrogens with zero attached hydrogens (tertiary/aromatic N) is 8. The standard InChI is InChI=1S/C32H16N8.3C19H40OS.C2H6OS.Cu/c1-2-10-18-17(9-1)25-33-26(18)38-28-21-13-5-6-14-22(21)30(35-28)40-32-24-16-8-7-15-23(24)31(36-32)39-29-20-12-4-3-11-19(20)27(34-29)37-25;3*1-3-4-5-6-7-8-9-10-11-12-13-14-15-16-17-18-19-21(2)20;1-4(2)3;/h1-16H;3*3-19H2,1-2H3;1-2H3;. The summed E-state index contributed by atoms with van der Waals surface area (Å²) in [5.41, 5.74) is 7.15. The third kappa shape index (κ3) is 41.2. The molecule has 5 heterocycles. The summed E-state index contributed by atoms with van der Waals surface area (Å²) in [5, 5.41) is 0. The Balaban J connectivity index is 0.000000316. The van der Waals surface area contributed by atoms with Crippen molar-refractivity contribution in [2.24, 2.45) is 39.9 Å². The number of benzene rings is 4. The fraction of sp³-hybridized carbons (Fsp3) is 0.648. The van der Waals surface area contributed by atoms with E-state index in [1.807, 2.05) is 116 Å². The van der Waals surface area contributed by atoms with Crippen molar-refractivity contribution in [3.8, 4) is 0 Å². The van der Waals surface area contributed by atoms with Crippen molar-refractivity contribution >= 4 is 89.9 Å². The molecule has 4 aromatic rings. The van der Waals surface area contributed by atoms with Crippen LogP contribution in [0.5, 0.6) is 0 Å². The molecule has 5 aliphatic rings. The minimum absolute atomic E-state index is 0. The van der Waals surface area contributed by atoms with E-state index in [-0.39, 0.29) is 17.1 Å². The summed E-state index contributed by atoms with van der Waals surface area (Å²) in [4.78, 5) is 39.3. The fourth-order valence-corrected chi connectivity index (χ4v) is 15.9. The molecule has 0 aromatic heterocycles. The van der Waals surface area contributed by atoms with E-state index in [2.05, 4.69) is 20.8 Å². The van der Waals surface area contributed by atoms with Crippen molar-refractivity contribution < 1.29 is 33.9 Å². The van der Waals surface area contributed by atoms with Crippen molar-refractivity contribution in [2.45, 2.75) is 329 Å². The molecule has 4 aromatic carbocycles. The van der Waals surface area contributed by atoms with Gasteiger partial charge in [0.2, 0.25) is 0 Å². The van der Waals surface area contributed by atoms with Crippen LogP contribution < -0.4 is 0 Å². The molecule has 605 valence electrons. The molecule has 108 heavy (non-hydrogen) atoms. The molecule has 3 unspecified atom stereocenters. The van der Waals surface area contributed by atoms with Crippen LogP contribution in [0.4, 0.5) is 0 Å². The monoisotopic (exact) mass is 1600 g/mol. The van der Waals surface area contributed by atoms with Gasteiger partial charge < -0.3 is 0 Å². The third-order valence-electron chi connectivity index (χ3n) is 20.2. The molecule has 0 spiro atoms. The Bertz CT molecular complexity index is 3070. The van der Waals surface area contributed by atoms with Crippen molar-refractivity contribution in [1.82, 2.24) is 0 Å². The number of aliphatic imine (C=N–C) groups is 8. The number of hydrogen-bond donors (Lipinski definition) is 0. The average molecular weight is 1600 g/mol. The topological polar surface area (TPSA) is 167 Å². The summed E-state index contributed by atoms with van der Waals surface area (Å²) in [6.45, 7) is 6.86. The zero-order valence-electron chi connectivity index (χ0n) is 68.4. The van der Waals surface area contributed by atoms with Crippen molar-refractivity contribution in [3.63, 3.8) is 0 Å². The van der Waals surface area contributed by atoms with Crippen molar-refractivity contribution in [3.05, 3.63) is 142 Å². The van der Waals surface area contributed by atoms with Crippen molar-refractivity contribution in [2.75, 3.05) is 48.5 Å². The van der Waals surface area contributed by atoms with E-state index in [1.165, 1.54) is 289 Å². The van der Waals surface area contributed by atoms with Gasteiger partial charge in [0, 0.05) is 153 Å². The second kappa shape index (κ2) is 61.9. The van der Waals surface area contributed by atoms with Gasteiger partial charge in [0.05, 0.1) is 0 Å². The van der Waals surface area contributed by atoms with Crippen molar-refractivity contribution in [1.29, 1.82) is 0 Å². The Morgan fingerprint density at radius 3 is 0.398 bits per heavy atom. The van der Waals surface area contributed by atoms with E-state index in [0.29, 0.717) is 46.7 Å². The molecule has 0 fully saturated rings. The maximum absolute atomic E-state index is 10.9. The largest absolute Gasteiger partial charge is 0.260 e. The van der Waals surface area contributed by atoms with E-state index in [4.69, 9.17) is 39.9 Å². The Morgan fingerprint density at radius 2 is 0.296 bits per heavy atom. The smallest absolute Gasteiger partial charge is 0.164 e. The number of unbranched alkanes of at least 4 members (excludes halogenated alkanes) is 45. The molecule has 0 aliphatic carbocycles. The molecule has 0 saturated heterocycles. The summed E-state index contributed by atoms with van der Waals surface area (Å²) in [7, 11) is -2.36. The predicted molar refractivity (Wildman–Crippen MR) is 473 cm³/mol. The minimum atomic E-state index is -0.611. The maximum atomic E-state index is 10.9. The van der Waals surface area contributed by atoms with Crippen LogP contribution in [0.3, 0.4) is 0 Å². The van der Waals surface area contributed by atoms with Crippen LogP contribution >= 0.6 is 0 Å². The molecule has 3 atom stereocenters. The van der Waals surface area contributed by atoms with Gasteiger partial charge >= 0.3 is 0 Å². The second-order valence-electron chi connectivity index (χ2n) is 30.1. The van der Waals surface area contributed by atoms with Gasteiger partial charge in [0.25, 0.3) is 0 Å². The Labute approximate surface area is 677 Å². The summed E-state index contributed by atoms with van der Waals surface area (Å²) in [6.07, 6.45) is 75.9. The molecule has 5 aliphatic heterocycles. The van der Waals surface area contributed by atoms with Crippen LogP contribution in [0.2, 0.25) is 0 Å².